The van der Waals surface area contributed by atoms with Gasteiger partial charge >= 0.3 is 6.18 Å². The van der Waals surface area contributed by atoms with Crippen molar-refractivity contribution in [2.45, 2.75) is 50.0 Å². The second-order valence-electron chi connectivity index (χ2n) is 6.67. The van der Waals surface area contributed by atoms with Crippen LogP contribution in [0, 0.1) is 0 Å². The van der Waals surface area contributed by atoms with Crippen LogP contribution in [0.25, 0.3) is 0 Å². The highest BCUT2D eigenvalue weighted by atomic mass is 35.5. The number of anilines is 1. The molecular formula is C18H18ClF3N4O2S. The van der Waals surface area contributed by atoms with E-state index in [-0.39, 0.29) is 17.1 Å². The Morgan fingerprint density at radius 1 is 1.24 bits per heavy atom. The fraction of sp³-hybridized carbons (Fsp3) is 0.444. The summed E-state index contributed by atoms with van der Waals surface area (Å²) in [6, 6.07) is 2.65. The molecule has 0 bridgehead atoms. The third kappa shape index (κ3) is 5.96. The monoisotopic (exact) mass is 446 g/mol. The van der Waals surface area contributed by atoms with Crippen molar-refractivity contribution in [1.29, 1.82) is 0 Å². The lowest BCUT2D eigenvalue weighted by molar-refractivity contribution is -0.137. The quantitative estimate of drug-likeness (QED) is 0.663. The van der Waals surface area contributed by atoms with Gasteiger partial charge in [0.1, 0.15) is 5.25 Å². The van der Waals surface area contributed by atoms with Crippen LogP contribution in [0.5, 0.6) is 0 Å². The summed E-state index contributed by atoms with van der Waals surface area (Å²) >= 11 is 6.94. The number of rotatable bonds is 4. The molecule has 2 fully saturated rings. The second kappa shape index (κ2) is 9.17. The number of nitrogens with zero attached hydrogens (tertiary/aromatic N) is 2. The second-order valence-corrected chi connectivity index (χ2v) is 8.27. The third-order valence-electron chi connectivity index (χ3n) is 4.43. The predicted molar refractivity (Wildman–Crippen MR) is 107 cm³/mol. The van der Waals surface area contributed by atoms with Crippen molar-refractivity contribution in [1.82, 2.24) is 5.32 Å². The number of halogens is 4. The van der Waals surface area contributed by atoms with Crippen LogP contribution >= 0.6 is 23.4 Å². The van der Waals surface area contributed by atoms with Gasteiger partial charge < -0.3 is 10.6 Å². The number of benzene rings is 1. The van der Waals surface area contributed by atoms with Crippen molar-refractivity contribution in [3.63, 3.8) is 0 Å². The van der Waals surface area contributed by atoms with Crippen molar-refractivity contribution in [2.24, 2.45) is 10.2 Å². The Bertz CT molecular complexity index is 865. The minimum absolute atomic E-state index is 0.0274. The van der Waals surface area contributed by atoms with Crippen LogP contribution in [-0.4, -0.2) is 27.9 Å². The standard InChI is InChI=1S/C18H18ClF3N4O2S/c19-12-7-6-10(18(20,21)22)8-13(12)23-15(27)9-14-16(28)24-17(29-14)26-25-11-4-2-1-3-5-11/h6-8,14H,1-5,9H2,(H,23,27)(H,24,26,28)/t14-/m0/s1. The highest BCUT2D eigenvalue weighted by Crippen LogP contribution is 2.34. The molecule has 2 N–H and O–H groups in total. The van der Waals surface area contributed by atoms with E-state index in [1.807, 2.05) is 0 Å². The highest BCUT2D eigenvalue weighted by molar-refractivity contribution is 8.15. The number of alkyl halides is 3. The molecule has 6 nitrogen and oxygen atoms in total. The van der Waals surface area contributed by atoms with Gasteiger partial charge in [-0.2, -0.15) is 18.3 Å². The molecule has 2 amide bonds. The molecule has 1 saturated heterocycles. The molecular weight excluding hydrogens is 429 g/mol. The van der Waals surface area contributed by atoms with Crippen LogP contribution < -0.4 is 10.6 Å². The fourth-order valence-electron chi connectivity index (χ4n) is 2.93. The smallest absolute Gasteiger partial charge is 0.325 e. The van der Waals surface area contributed by atoms with Crippen molar-refractivity contribution < 1.29 is 22.8 Å². The first-order valence-electron chi connectivity index (χ1n) is 9.00. The van der Waals surface area contributed by atoms with Crippen LogP contribution in [0.3, 0.4) is 0 Å². The van der Waals surface area contributed by atoms with E-state index in [4.69, 9.17) is 11.6 Å². The molecule has 156 valence electrons. The molecule has 2 aliphatic rings. The predicted octanol–water partition coefficient (Wildman–Crippen LogP) is 4.60. The van der Waals surface area contributed by atoms with E-state index in [1.165, 1.54) is 6.42 Å². The zero-order valence-corrected chi connectivity index (χ0v) is 16.8. The first kappa shape index (κ1) is 21.6. The van der Waals surface area contributed by atoms with Crippen molar-refractivity contribution in [3.05, 3.63) is 28.8 Å². The van der Waals surface area contributed by atoms with Crippen LogP contribution in [0.15, 0.2) is 28.4 Å². The summed E-state index contributed by atoms with van der Waals surface area (Å²) in [5, 5.41) is 12.7. The lowest BCUT2D eigenvalue weighted by Gasteiger charge is -2.12. The summed E-state index contributed by atoms with van der Waals surface area (Å²) in [6.07, 6.45) is 0.301. The lowest BCUT2D eigenvalue weighted by atomic mass is 9.99. The lowest BCUT2D eigenvalue weighted by Crippen LogP contribution is -2.28. The third-order valence-corrected chi connectivity index (χ3v) is 5.83. The molecule has 0 unspecified atom stereocenters. The normalized spacial score (nSPS) is 21.2. The molecule has 0 aromatic heterocycles. The van der Waals surface area contributed by atoms with Gasteiger partial charge in [-0.3, -0.25) is 9.59 Å². The number of amidine groups is 1. The van der Waals surface area contributed by atoms with Crippen molar-refractivity contribution in [3.8, 4) is 0 Å². The van der Waals surface area contributed by atoms with E-state index in [9.17, 15) is 22.8 Å². The van der Waals surface area contributed by atoms with Crippen LogP contribution in [0.2, 0.25) is 5.02 Å². The Balaban J connectivity index is 1.60. The molecule has 29 heavy (non-hydrogen) atoms. The van der Waals surface area contributed by atoms with Crippen LogP contribution in [0.4, 0.5) is 18.9 Å². The SMILES string of the molecule is O=C(C[C@@H]1S/C(=N/N=C2CCCCC2)NC1=O)Nc1cc(C(F)(F)F)ccc1Cl. The largest absolute Gasteiger partial charge is 0.416 e. The molecule has 1 aliphatic heterocycles. The molecule has 1 saturated carbocycles. The zero-order chi connectivity index (χ0) is 21.0. The maximum Gasteiger partial charge on any atom is 0.416 e. The Morgan fingerprint density at radius 2 is 1.97 bits per heavy atom. The van der Waals surface area contributed by atoms with E-state index in [0.717, 1.165) is 61.4 Å². The number of hydrogen-bond acceptors (Lipinski definition) is 5. The molecule has 1 aromatic carbocycles. The number of thioether (sulfide) groups is 1. The molecule has 11 heteroatoms. The first-order valence-corrected chi connectivity index (χ1v) is 10.3. The minimum Gasteiger partial charge on any atom is -0.325 e. The number of nitrogens with one attached hydrogen (secondary N) is 2. The van der Waals surface area contributed by atoms with Crippen molar-refractivity contribution >= 4 is 51.7 Å². The Labute approximate surface area is 174 Å². The van der Waals surface area contributed by atoms with Crippen LogP contribution in [-0.2, 0) is 15.8 Å². The van der Waals surface area contributed by atoms with E-state index < -0.39 is 28.8 Å². The maximum absolute atomic E-state index is 12.8. The average molecular weight is 447 g/mol. The van der Waals surface area contributed by atoms with Gasteiger partial charge in [0.2, 0.25) is 11.8 Å². The van der Waals surface area contributed by atoms with Gasteiger partial charge in [0.05, 0.1) is 16.3 Å². The van der Waals surface area contributed by atoms with Gasteiger partial charge in [-0.15, -0.1) is 5.10 Å². The summed E-state index contributed by atoms with van der Waals surface area (Å²) in [6.45, 7) is 0. The molecule has 3 rings (SSSR count). The minimum atomic E-state index is -4.56. The van der Waals surface area contributed by atoms with E-state index in [1.54, 1.807) is 0 Å². The Hall–Kier alpha value is -2.07. The maximum atomic E-state index is 12.8. The fourth-order valence-corrected chi connectivity index (χ4v) is 4.01. The van der Waals surface area contributed by atoms with Gasteiger partial charge in [-0.25, -0.2) is 0 Å². The number of amides is 2. The summed E-state index contributed by atoms with van der Waals surface area (Å²) in [5.41, 5.74) is -0.104. The van der Waals surface area contributed by atoms with E-state index in [0.29, 0.717) is 5.17 Å². The van der Waals surface area contributed by atoms with Crippen LogP contribution in [0.1, 0.15) is 44.1 Å². The van der Waals surface area contributed by atoms with Crippen molar-refractivity contribution in [2.75, 3.05) is 5.32 Å². The average Bonchev–Trinajstić information content (AvgIpc) is 3.01. The topological polar surface area (TPSA) is 82.9 Å². The molecule has 1 atom stereocenters. The summed E-state index contributed by atoms with van der Waals surface area (Å²) in [4.78, 5) is 24.3. The van der Waals surface area contributed by atoms with E-state index >= 15 is 0 Å². The molecule has 1 aliphatic carbocycles. The van der Waals surface area contributed by atoms with Gasteiger partial charge in [0.15, 0.2) is 5.17 Å². The first-order chi connectivity index (χ1) is 13.7. The molecule has 0 spiro atoms. The number of hydrogen-bond donors (Lipinski definition) is 2. The number of carbonyl (C=O) groups excluding carboxylic acids is 2. The summed E-state index contributed by atoms with van der Waals surface area (Å²) < 4.78 is 38.5. The van der Waals surface area contributed by atoms with Gasteiger partial charge in [-0.1, -0.05) is 29.8 Å². The summed E-state index contributed by atoms with van der Waals surface area (Å²) in [7, 11) is 0. The Morgan fingerprint density at radius 3 is 2.66 bits per heavy atom. The summed E-state index contributed by atoms with van der Waals surface area (Å²) in [5.74, 6) is -1.03. The number of carbonyl (C=O) groups is 2. The van der Waals surface area contributed by atoms with E-state index in [2.05, 4.69) is 20.8 Å². The molecule has 1 aromatic rings. The molecule has 1 heterocycles. The highest BCUT2D eigenvalue weighted by Gasteiger charge is 2.33. The van der Waals surface area contributed by atoms with Gasteiger partial charge in [0.25, 0.3) is 0 Å². The van der Waals surface area contributed by atoms with Gasteiger partial charge in [-0.05, 0) is 43.9 Å². The Kier molecular flexibility index (Phi) is 6.84. The van der Waals surface area contributed by atoms with Gasteiger partial charge in [0, 0.05) is 12.1 Å². The molecule has 0 radical (unpaired) electrons. The zero-order valence-electron chi connectivity index (χ0n) is 15.2.